The fraction of sp³-hybridized carbons (Fsp3) is 0.438. The molecule has 0 amide bonds. The molecule has 6 nitrogen and oxygen atoms in total. The Hall–Kier alpha value is -1.71. The first-order chi connectivity index (χ1) is 12.1. The quantitative estimate of drug-likeness (QED) is 0.728. The summed E-state index contributed by atoms with van der Waals surface area (Å²) in [5.74, 6) is -0.293. The molecule has 0 bridgehead atoms. The number of hydrogen-bond donors (Lipinski definition) is 1. The third-order valence-electron chi connectivity index (χ3n) is 3.64. The summed E-state index contributed by atoms with van der Waals surface area (Å²) in [6.07, 6.45) is 0. The molecule has 0 aliphatic carbocycles. The van der Waals surface area contributed by atoms with E-state index in [1.807, 2.05) is 31.5 Å². The van der Waals surface area contributed by atoms with Crippen LogP contribution in [0, 0.1) is 19.8 Å². The highest BCUT2D eigenvalue weighted by molar-refractivity contribution is 7.89. The molecule has 0 aliphatic heterocycles. The second-order valence-corrected chi connectivity index (χ2v) is 8.21. The molecule has 1 heterocycles. The molecule has 0 saturated carbocycles. The molecular weight excluding hydrogens is 388 g/mol. The monoisotopic (exact) mass is 407 g/mol. The van der Waals surface area contributed by atoms with Crippen LogP contribution in [0.4, 0.5) is 8.78 Å². The van der Waals surface area contributed by atoms with Crippen LogP contribution in [-0.4, -0.2) is 31.4 Å². The van der Waals surface area contributed by atoms with Crippen LogP contribution < -0.4 is 9.46 Å². The molecule has 144 valence electrons. The minimum atomic E-state index is -3.83. The van der Waals surface area contributed by atoms with Crippen molar-refractivity contribution in [3.63, 3.8) is 0 Å². The van der Waals surface area contributed by atoms with E-state index in [0.29, 0.717) is 6.54 Å². The third kappa shape index (κ3) is 5.39. The van der Waals surface area contributed by atoms with Gasteiger partial charge in [-0.05, 0) is 44.0 Å². The summed E-state index contributed by atoms with van der Waals surface area (Å²) in [6, 6.07) is 5.29. The molecule has 1 aromatic carbocycles. The summed E-state index contributed by atoms with van der Waals surface area (Å²) in [4.78, 5) is -0.123. The van der Waals surface area contributed by atoms with Crippen molar-refractivity contribution in [2.75, 3.05) is 6.54 Å². The van der Waals surface area contributed by atoms with Crippen molar-refractivity contribution < 1.29 is 21.9 Å². The molecule has 2 rings (SSSR count). The maximum atomic E-state index is 12.4. The number of rotatable bonds is 8. The summed E-state index contributed by atoms with van der Waals surface area (Å²) in [7, 11) is -3.83. The number of halogens is 3. The second kappa shape index (κ2) is 8.32. The Morgan fingerprint density at radius 1 is 1.31 bits per heavy atom. The molecule has 0 spiro atoms. The highest BCUT2D eigenvalue weighted by Gasteiger charge is 2.18. The van der Waals surface area contributed by atoms with Crippen molar-refractivity contribution in [3.05, 3.63) is 40.7 Å². The number of nitrogens with zero attached hydrogens (tertiary/aromatic N) is 2. The lowest BCUT2D eigenvalue weighted by atomic mass is 10.2. The van der Waals surface area contributed by atoms with Crippen LogP contribution in [0.2, 0.25) is 5.02 Å². The van der Waals surface area contributed by atoms with Crippen molar-refractivity contribution >= 4 is 21.6 Å². The molecule has 0 radical (unpaired) electrons. The van der Waals surface area contributed by atoms with Gasteiger partial charge in [-0.25, -0.2) is 13.1 Å². The zero-order valence-electron chi connectivity index (χ0n) is 14.5. The SMILES string of the molecule is Cc1cc(C)n(CC(C)CNS(=O)(=O)c2ccc(OC(F)F)c(Cl)c2)n1. The Morgan fingerprint density at radius 2 is 2.00 bits per heavy atom. The van der Waals surface area contributed by atoms with Crippen LogP contribution in [0.3, 0.4) is 0 Å². The Morgan fingerprint density at radius 3 is 2.54 bits per heavy atom. The van der Waals surface area contributed by atoms with Gasteiger partial charge in [-0.15, -0.1) is 0 Å². The number of aromatic nitrogens is 2. The van der Waals surface area contributed by atoms with Crippen molar-refractivity contribution in [3.8, 4) is 5.75 Å². The first kappa shape index (κ1) is 20.6. The molecule has 10 heteroatoms. The zero-order chi connectivity index (χ0) is 19.5. The molecule has 0 saturated heterocycles. The normalized spacial score (nSPS) is 13.2. The van der Waals surface area contributed by atoms with Gasteiger partial charge >= 0.3 is 6.61 Å². The average Bonchev–Trinajstić information content (AvgIpc) is 2.84. The number of aryl methyl sites for hydroxylation is 2. The predicted octanol–water partition coefficient (Wildman–Crippen LogP) is 3.37. The molecule has 26 heavy (non-hydrogen) atoms. The van der Waals surface area contributed by atoms with Crippen LogP contribution in [0.15, 0.2) is 29.2 Å². The van der Waals surface area contributed by atoms with E-state index in [-0.39, 0.29) is 28.1 Å². The minimum Gasteiger partial charge on any atom is -0.433 e. The molecule has 2 aromatic rings. The smallest absolute Gasteiger partial charge is 0.387 e. The summed E-state index contributed by atoms with van der Waals surface area (Å²) in [5, 5.41) is 4.14. The van der Waals surface area contributed by atoms with E-state index in [0.717, 1.165) is 29.6 Å². The highest BCUT2D eigenvalue weighted by Crippen LogP contribution is 2.28. The summed E-state index contributed by atoms with van der Waals surface area (Å²) in [5.41, 5.74) is 1.90. The van der Waals surface area contributed by atoms with Crippen LogP contribution in [0.5, 0.6) is 5.75 Å². The Bertz CT molecular complexity index is 872. The summed E-state index contributed by atoms with van der Waals surface area (Å²) in [6.45, 7) is 3.43. The van der Waals surface area contributed by atoms with E-state index >= 15 is 0 Å². The number of hydrogen-bond acceptors (Lipinski definition) is 4. The lowest BCUT2D eigenvalue weighted by molar-refractivity contribution is -0.0498. The lowest BCUT2D eigenvalue weighted by Gasteiger charge is -2.15. The minimum absolute atomic E-state index is 0.0142. The van der Waals surface area contributed by atoms with Crippen LogP contribution in [0.1, 0.15) is 18.3 Å². The average molecular weight is 408 g/mol. The fourth-order valence-corrected chi connectivity index (χ4v) is 3.88. The Kier molecular flexibility index (Phi) is 6.59. The third-order valence-corrected chi connectivity index (χ3v) is 5.36. The van der Waals surface area contributed by atoms with Crippen LogP contribution in [-0.2, 0) is 16.6 Å². The van der Waals surface area contributed by atoms with Gasteiger partial charge in [0, 0.05) is 18.8 Å². The van der Waals surface area contributed by atoms with Gasteiger partial charge in [0.15, 0.2) is 0 Å². The van der Waals surface area contributed by atoms with Gasteiger partial charge < -0.3 is 4.74 Å². The molecule has 1 unspecified atom stereocenters. The van der Waals surface area contributed by atoms with E-state index in [2.05, 4.69) is 14.6 Å². The van der Waals surface area contributed by atoms with Gasteiger partial charge in [0.1, 0.15) is 5.75 Å². The van der Waals surface area contributed by atoms with Crippen molar-refractivity contribution in [1.82, 2.24) is 14.5 Å². The van der Waals surface area contributed by atoms with Gasteiger partial charge in [-0.3, -0.25) is 4.68 Å². The number of alkyl halides is 2. The lowest BCUT2D eigenvalue weighted by Crippen LogP contribution is -2.30. The van der Waals surface area contributed by atoms with E-state index in [1.165, 1.54) is 0 Å². The van der Waals surface area contributed by atoms with E-state index < -0.39 is 16.6 Å². The molecule has 0 aliphatic rings. The van der Waals surface area contributed by atoms with E-state index in [4.69, 9.17) is 11.6 Å². The fourth-order valence-electron chi connectivity index (χ4n) is 2.40. The van der Waals surface area contributed by atoms with Gasteiger partial charge in [0.25, 0.3) is 0 Å². The summed E-state index contributed by atoms with van der Waals surface area (Å²) >= 11 is 5.81. The molecular formula is C16H20ClF2N3O3S. The first-order valence-corrected chi connectivity index (χ1v) is 9.69. The van der Waals surface area contributed by atoms with Crippen molar-refractivity contribution in [2.24, 2.45) is 5.92 Å². The number of benzene rings is 1. The van der Waals surface area contributed by atoms with Crippen LogP contribution in [0.25, 0.3) is 0 Å². The molecule has 1 aromatic heterocycles. The largest absolute Gasteiger partial charge is 0.433 e. The van der Waals surface area contributed by atoms with Crippen molar-refractivity contribution in [1.29, 1.82) is 0 Å². The van der Waals surface area contributed by atoms with E-state index in [1.54, 1.807) is 0 Å². The van der Waals surface area contributed by atoms with Gasteiger partial charge in [-0.1, -0.05) is 18.5 Å². The first-order valence-electron chi connectivity index (χ1n) is 7.83. The maximum absolute atomic E-state index is 12.4. The van der Waals surface area contributed by atoms with Crippen LogP contribution >= 0.6 is 11.6 Å². The number of ether oxygens (including phenoxy) is 1. The van der Waals surface area contributed by atoms with E-state index in [9.17, 15) is 17.2 Å². The highest BCUT2D eigenvalue weighted by atomic mass is 35.5. The van der Waals surface area contributed by atoms with Gasteiger partial charge in [0.05, 0.1) is 15.6 Å². The maximum Gasteiger partial charge on any atom is 0.387 e. The zero-order valence-corrected chi connectivity index (χ0v) is 16.1. The molecule has 1 atom stereocenters. The molecule has 1 N–H and O–H groups in total. The number of sulfonamides is 1. The standard InChI is InChI=1S/C16H20ClF2N3O3S/c1-10(9-22-12(3)6-11(2)21-22)8-20-26(23,24)13-4-5-15(14(17)7-13)25-16(18)19/h4-7,10,16,20H,8-9H2,1-3H3. The van der Waals surface area contributed by atoms with Gasteiger partial charge in [0.2, 0.25) is 10.0 Å². The Labute approximate surface area is 156 Å². The molecule has 0 fully saturated rings. The topological polar surface area (TPSA) is 73.2 Å². The van der Waals surface area contributed by atoms with Crippen molar-refractivity contribution in [2.45, 2.75) is 38.8 Å². The Balaban J connectivity index is 2.01. The second-order valence-electron chi connectivity index (χ2n) is 6.04. The number of nitrogens with one attached hydrogen (secondary N) is 1. The van der Waals surface area contributed by atoms with Gasteiger partial charge in [-0.2, -0.15) is 13.9 Å². The predicted molar refractivity (Wildman–Crippen MR) is 94.1 cm³/mol. The summed E-state index contributed by atoms with van der Waals surface area (Å²) < 4.78 is 57.7.